The van der Waals surface area contributed by atoms with Crippen LogP contribution in [0.3, 0.4) is 0 Å². The first kappa shape index (κ1) is 10.7. The van der Waals surface area contributed by atoms with Crippen LogP contribution in [-0.4, -0.2) is 5.11 Å². The van der Waals surface area contributed by atoms with E-state index in [0.717, 1.165) is 12.0 Å². The quantitative estimate of drug-likeness (QED) is 0.784. The molecular weight excluding hydrogens is 184 g/mol. The van der Waals surface area contributed by atoms with E-state index in [1.165, 1.54) is 36.8 Å². The molecule has 0 spiro atoms. The molecule has 15 heavy (non-hydrogen) atoms. The van der Waals surface area contributed by atoms with Gasteiger partial charge in [-0.05, 0) is 55.7 Å². The number of fused-ring (bicyclic) bond motifs is 1. The Balaban J connectivity index is 2.36. The Labute approximate surface area is 92.1 Å². The molecule has 1 aromatic rings. The van der Waals surface area contributed by atoms with E-state index in [1.807, 2.05) is 13.8 Å². The predicted octanol–water partition coefficient (Wildman–Crippen LogP) is 3.18. The van der Waals surface area contributed by atoms with Crippen LogP contribution in [0.1, 0.15) is 49.8 Å². The van der Waals surface area contributed by atoms with Crippen LogP contribution >= 0.6 is 0 Å². The molecule has 1 nitrogen and oxygen atoms in total. The molecule has 1 heteroatoms. The lowest BCUT2D eigenvalue weighted by Crippen LogP contribution is -2.20. The fourth-order valence-electron chi connectivity index (χ4n) is 2.27. The van der Waals surface area contributed by atoms with Crippen molar-refractivity contribution in [1.29, 1.82) is 0 Å². The molecule has 0 saturated heterocycles. The third kappa shape index (κ3) is 2.07. The maximum Gasteiger partial charge on any atom is 0.0866 e. The molecular formula is C14H20O. The summed E-state index contributed by atoms with van der Waals surface area (Å²) in [5.41, 5.74) is 3.35. The van der Waals surface area contributed by atoms with Crippen LogP contribution in [0, 0.1) is 0 Å². The number of benzene rings is 1. The second-order valence-corrected chi connectivity index (χ2v) is 4.82. The smallest absolute Gasteiger partial charge is 0.0866 e. The first-order valence-corrected chi connectivity index (χ1v) is 5.98. The Bertz CT molecular complexity index is 352. The first-order valence-electron chi connectivity index (χ1n) is 5.98. The Hall–Kier alpha value is -0.820. The predicted molar refractivity (Wildman–Crippen MR) is 62.9 cm³/mol. The molecule has 0 fully saturated rings. The summed E-state index contributed by atoms with van der Waals surface area (Å²) in [7, 11) is 0. The van der Waals surface area contributed by atoms with Crippen molar-refractivity contribution in [3.8, 4) is 0 Å². The van der Waals surface area contributed by atoms with Crippen molar-refractivity contribution in [2.45, 2.75) is 51.6 Å². The molecule has 0 saturated carbocycles. The van der Waals surface area contributed by atoms with Crippen molar-refractivity contribution in [2.24, 2.45) is 0 Å². The van der Waals surface area contributed by atoms with E-state index in [4.69, 9.17) is 0 Å². The summed E-state index contributed by atoms with van der Waals surface area (Å²) in [4.78, 5) is 0. The summed E-state index contributed by atoms with van der Waals surface area (Å²) in [6.45, 7) is 3.93. The Kier molecular flexibility index (Phi) is 2.83. The lowest BCUT2D eigenvalue weighted by Gasteiger charge is -2.25. The molecule has 1 atom stereocenters. The normalized spacial score (nSPS) is 19.4. The summed E-state index contributed by atoms with van der Waals surface area (Å²) >= 11 is 0. The van der Waals surface area contributed by atoms with Gasteiger partial charge < -0.3 is 5.11 Å². The first-order chi connectivity index (χ1) is 7.13. The van der Waals surface area contributed by atoms with Gasteiger partial charge in [-0.2, -0.15) is 0 Å². The number of rotatable bonds is 2. The highest BCUT2D eigenvalue weighted by atomic mass is 16.3. The molecule has 2 rings (SSSR count). The zero-order valence-electron chi connectivity index (χ0n) is 9.71. The van der Waals surface area contributed by atoms with Gasteiger partial charge in [0, 0.05) is 0 Å². The van der Waals surface area contributed by atoms with Crippen LogP contribution in [0.2, 0.25) is 0 Å². The Morgan fingerprint density at radius 1 is 1.20 bits per heavy atom. The van der Waals surface area contributed by atoms with Gasteiger partial charge in [-0.3, -0.25) is 0 Å². The van der Waals surface area contributed by atoms with E-state index in [0.29, 0.717) is 0 Å². The van der Waals surface area contributed by atoms with Crippen molar-refractivity contribution >= 4 is 0 Å². The zero-order valence-corrected chi connectivity index (χ0v) is 9.71. The Morgan fingerprint density at radius 2 is 1.87 bits per heavy atom. The summed E-state index contributed by atoms with van der Waals surface area (Å²) in [5.74, 6) is 0. The number of hydrogen-bond acceptors (Lipinski definition) is 1. The van der Waals surface area contributed by atoms with Crippen molar-refractivity contribution in [1.82, 2.24) is 0 Å². The van der Waals surface area contributed by atoms with Gasteiger partial charge in [0.15, 0.2) is 0 Å². The third-order valence-electron chi connectivity index (χ3n) is 3.66. The zero-order chi connectivity index (χ0) is 10.9. The van der Waals surface area contributed by atoms with E-state index in [9.17, 15) is 5.11 Å². The average molecular weight is 204 g/mol. The number of aliphatic hydroxyl groups is 1. The van der Waals surface area contributed by atoms with Gasteiger partial charge >= 0.3 is 0 Å². The molecule has 0 radical (unpaired) electrons. The maximum atomic E-state index is 10.2. The van der Waals surface area contributed by atoms with Crippen molar-refractivity contribution < 1.29 is 5.11 Å². The van der Waals surface area contributed by atoms with E-state index in [1.54, 1.807) is 0 Å². The van der Waals surface area contributed by atoms with Gasteiger partial charge in [0.2, 0.25) is 0 Å². The molecule has 1 aromatic carbocycles. The molecule has 0 bridgehead atoms. The van der Waals surface area contributed by atoms with Gasteiger partial charge in [-0.15, -0.1) is 0 Å². The summed E-state index contributed by atoms with van der Waals surface area (Å²) < 4.78 is 0. The highest BCUT2D eigenvalue weighted by Gasteiger charge is 2.21. The Morgan fingerprint density at radius 3 is 2.53 bits per heavy atom. The standard InChI is InChI=1S/C14H20O/c1-3-14(2,15)13-9-8-11-6-4-5-7-12(11)10-13/h8-10,15H,3-7H2,1-2H3/t14-/m1/s1. The van der Waals surface area contributed by atoms with Crippen molar-refractivity contribution in [3.05, 3.63) is 34.9 Å². The van der Waals surface area contributed by atoms with Gasteiger partial charge in [0.05, 0.1) is 5.60 Å². The minimum absolute atomic E-state index is 0.660. The van der Waals surface area contributed by atoms with Crippen molar-refractivity contribution in [2.75, 3.05) is 0 Å². The lowest BCUT2D eigenvalue weighted by atomic mass is 9.85. The monoisotopic (exact) mass is 204 g/mol. The van der Waals surface area contributed by atoms with Gasteiger partial charge in [0.1, 0.15) is 0 Å². The molecule has 1 aliphatic carbocycles. The molecule has 1 aliphatic rings. The summed E-state index contributed by atoms with van der Waals surface area (Å²) in [6.07, 6.45) is 5.78. The molecule has 0 unspecified atom stereocenters. The van der Waals surface area contributed by atoms with Gasteiger partial charge in [-0.1, -0.05) is 25.1 Å². The second-order valence-electron chi connectivity index (χ2n) is 4.82. The van der Waals surface area contributed by atoms with Crippen LogP contribution in [0.4, 0.5) is 0 Å². The molecule has 1 N–H and O–H groups in total. The largest absolute Gasteiger partial charge is 0.385 e. The third-order valence-corrected chi connectivity index (χ3v) is 3.66. The minimum Gasteiger partial charge on any atom is -0.385 e. The maximum absolute atomic E-state index is 10.2. The van der Waals surface area contributed by atoms with E-state index >= 15 is 0 Å². The SMILES string of the molecule is CC[C@@](C)(O)c1ccc2c(c1)CCCC2. The van der Waals surface area contributed by atoms with E-state index in [-0.39, 0.29) is 0 Å². The number of aryl methyl sites for hydroxylation is 2. The minimum atomic E-state index is -0.660. The highest BCUT2D eigenvalue weighted by Crippen LogP contribution is 2.29. The van der Waals surface area contributed by atoms with Crippen LogP contribution in [0.15, 0.2) is 18.2 Å². The van der Waals surface area contributed by atoms with E-state index in [2.05, 4.69) is 18.2 Å². The lowest BCUT2D eigenvalue weighted by molar-refractivity contribution is 0.0530. The van der Waals surface area contributed by atoms with Crippen LogP contribution < -0.4 is 0 Å². The van der Waals surface area contributed by atoms with Gasteiger partial charge in [0.25, 0.3) is 0 Å². The average Bonchev–Trinajstić information content (AvgIpc) is 2.28. The van der Waals surface area contributed by atoms with Crippen LogP contribution in [0.5, 0.6) is 0 Å². The second kappa shape index (κ2) is 3.97. The van der Waals surface area contributed by atoms with Gasteiger partial charge in [-0.25, -0.2) is 0 Å². The topological polar surface area (TPSA) is 20.2 Å². The molecule has 0 heterocycles. The number of hydrogen-bond donors (Lipinski definition) is 1. The van der Waals surface area contributed by atoms with E-state index < -0.39 is 5.60 Å². The van der Waals surface area contributed by atoms with Crippen LogP contribution in [0.25, 0.3) is 0 Å². The molecule has 0 aromatic heterocycles. The van der Waals surface area contributed by atoms with Crippen LogP contribution in [-0.2, 0) is 18.4 Å². The molecule has 0 amide bonds. The molecule has 0 aliphatic heterocycles. The fraction of sp³-hybridized carbons (Fsp3) is 0.571. The summed E-state index contributed by atoms with van der Waals surface area (Å²) in [5, 5.41) is 10.2. The highest BCUT2D eigenvalue weighted by molar-refractivity contribution is 5.36. The summed E-state index contributed by atoms with van der Waals surface area (Å²) in [6, 6.07) is 6.50. The van der Waals surface area contributed by atoms with Crippen molar-refractivity contribution in [3.63, 3.8) is 0 Å². The fourth-order valence-corrected chi connectivity index (χ4v) is 2.27. The molecule has 82 valence electrons.